The largest absolute Gasteiger partial charge is 0.394 e. The summed E-state index contributed by atoms with van der Waals surface area (Å²) in [5.41, 5.74) is 0. The van der Waals surface area contributed by atoms with E-state index < -0.39 is 6.10 Å². The summed E-state index contributed by atoms with van der Waals surface area (Å²) in [5, 5.41) is 62.8. The van der Waals surface area contributed by atoms with Crippen LogP contribution in [0.5, 0.6) is 0 Å². The van der Waals surface area contributed by atoms with Crippen molar-refractivity contribution in [1.82, 2.24) is 0 Å². The van der Waals surface area contributed by atoms with Crippen LogP contribution in [-0.4, -0.2) is 99.5 Å². The highest BCUT2D eigenvalue weighted by Gasteiger charge is 1.99. The number of aliphatic hydroxyl groups excluding tert-OH is 8. The molecule has 0 fully saturated rings. The van der Waals surface area contributed by atoms with Gasteiger partial charge in [-0.1, -0.05) is 0 Å². The average molecular weight is 318 g/mol. The van der Waals surface area contributed by atoms with Crippen molar-refractivity contribution >= 4 is 6.29 Å². The molecular weight excluding hydrogens is 288 g/mol. The Morgan fingerprint density at radius 1 is 0.714 bits per heavy atom. The summed E-state index contributed by atoms with van der Waals surface area (Å²) < 4.78 is 0. The lowest BCUT2D eigenvalue weighted by Crippen LogP contribution is -2.11. The van der Waals surface area contributed by atoms with Gasteiger partial charge in [0.15, 0.2) is 0 Å². The maximum Gasteiger partial charge on any atom is 0.119 e. The van der Waals surface area contributed by atoms with E-state index in [0.29, 0.717) is 19.3 Å². The molecule has 0 aliphatic carbocycles. The standard InChI is InChI=1S/C6H12O3.3C2H6O2/c7-4-2-1-3-6(9)5-8;3*3-1-2-4/h4,6,8-9H,1-3,5H2;3*3-4H,1-2H2. The fraction of sp³-hybridized carbons (Fsp3) is 0.917. The minimum Gasteiger partial charge on any atom is -0.394 e. The Balaban J connectivity index is -0.000000102. The number of carbonyl (C=O) groups is 1. The predicted octanol–water partition coefficient (Wildman–Crippen LogP) is -3.38. The first-order chi connectivity index (χ1) is 10.1. The van der Waals surface area contributed by atoms with E-state index in [1.165, 1.54) is 0 Å². The van der Waals surface area contributed by atoms with Crippen LogP contribution in [0, 0.1) is 0 Å². The van der Waals surface area contributed by atoms with Gasteiger partial charge in [0.2, 0.25) is 0 Å². The van der Waals surface area contributed by atoms with E-state index in [9.17, 15) is 4.79 Å². The topological polar surface area (TPSA) is 179 Å². The quantitative estimate of drug-likeness (QED) is 0.167. The molecule has 21 heavy (non-hydrogen) atoms. The van der Waals surface area contributed by atoms with Gasteiger partial charge in [0.1, 0.15) is 6.29 Å². The van der Waals surface area contributed by atoms with Crippen LogP contribution in [0.3, 0.4) is 0 Å². The van der Waals surface area contributed by atoms with Gasteiger partial charge in [-0.2, -0.15) is 0 Å². The zero-order valence-electron chi connectivity index (χ0n) is 12.2. The molecule has 0 aliphatic rings. The van der Waals surface area contributed by atoms with Crippen LogP contribution in [0.1, 0.15) is 19.3 Å². The Morgan fingerprint density at radius 2 is 1.05 bits per heavy atom. The number of unbranched alkanes of at least 4 members (excludes halogenated alkanes) is 1. The van der Waals surface area contributed by atoms with Crippen molar-refractivity contribution in [3.63, 3.8) is 0 Å². The van der Waals surface area contributed by atoms with Crippen molar-refractivity contribution in [2.24, 2.45) is 0 Å². The van der Waals surface area contributed by atoms with E-state index in [-0.39, 0.29) is 46.2 Å². The summed E-state index contributed by atoms with van der Waals surface area (Å²) in [4.78, 5) is 9.73. The van der Waals surface area contributed by atoms with E-state index in [4.69, 9.17) is 40.9 Å². The lowest BCUT2D eigenvalue weighted by molar-refractivity contribution is -0.108. The highest BCUT2D eigenvalue weighted by Crippen LogP contribution is 1.97. The third-order valence-electron chi connectivity index (χ3n) is 1.37. The minimum absolute atomic E-state index is 0.125. The predicted molar refractivity (Wildman–Crippen MR) is 75.5 cm³/mol. The van der Waals surface area contributed by atoms with Gasteiger partial charge in [-0.15, -0.1) is 0 Å². The molecule has 1 atom stereocenters. The van der Waals surface area contributed by atoms with Gasteiger partial charge in [0.05, 0.1) is 52.4 Å². The van der Waals surface area contributed by atoms with Crippen molar-refractivity contribution in [3.8, 4) is 0 Å². The summed E-state index contributed by atoms with van der Waals surface area (Å²) in [6, 6.07) is 0. The molecule has 0 aliphatic heterocycles. The Kier molecular flexibility index (Phi) is 49.6. The molecule has 0 saturated carbocycles. The van der Waals surface area contributed by atoms with Gasteiger partial charge in [0, 0.05) is 6.42 Å². The first kappa shape index (κ1) is 28.5. The summed E-state index contributed by atoms with van der Waals surface area (Å²) in [6.45, 7) is -0.959. The van der Waals surface area contributed by atoms with Crippen molar-refractivity contribution in [1.29, 1.82) is 0 Å². The molecule has 132 valence electrons. The van der Waals surface area contributed by atoms with Gasteiger partial charge in [0.25, 0.3) is 0 Å². The Labute approximate surface area is 124 Å². The molecule has 0 aromatic heterocycles. The normalized spacial score (nSPS) is 9.90. The number of aldehydes is 1. The molecule has 8 N–H and O–H groups in total. The molecule has 9 heteroatoms. The summed E-state index contributed by atoms with van der Waals surface area (Å²) in [6.07, 6.45) is 1.80. The SMILES string of the molecule is O=CCCCC(O)CO.OCCO.OCCO.OCCO. The van der Waals surface area contributed by atoms with E-state index >= 15 is 0 Å². The molecule has 0 spiro atoms. The first-order valence-electron chi connectivity index (χ1n) is 6.43. The summed E-state index contributed by atoms with van der Waals surface area (Å²) in [5.74, 6) is 0. The number of carbonyl (C=O) groups excluding carboxylic acids is 1. The van der Waals surface area contributed by atoms with Gasteiger partial charge < -0.3 is 45.6 Å². The van der Waals surface area contributed by atoms with Crippen LogP contribution < -0.4 is 0 Å². The Bertz CT molecular complexity index is 131. The third kappa shape index (κ3) is 66.6. The highest BCUT2D eigenvalue weighted by molar-refractivity contribution is 5.48. The molecule has 9 nitrogen and oxygen atoms in total. The monoisotopic (exact) mass is 318 g/mol. The molecular formula is C12H30O9. The van der Waals surface area contributed by atoms with Crippen LogP contribution >= 0.6 is 0 Å². The summed E-state index contributed by atoms with van der Waals surface area (Å²) >= 11 is 0. The van der Waals surface area contributed by atoms with Gasteiger partial charge in [-0.05, 0) is 12.8 Å². The molecule has 1 unspecified atom stereocenters. The van der Waals surface area contributed by atoms with Crippen LogP contribution in [0.25, 0.3) is 0 Å². The molecule has 0 radical (unpaired) electrons. The fourth-order valence-corrected chi connectivity index (χ4v) is 0.528. The molecule has 0 amide bonds. The number of hydrogen-bond donors (Lipinski definition) is 8. The fourth-order valence-electron chi connectivity index (χ4n) is 0.528. The number of aliphatic hydroxyl groups is 8. The van der Waals surface area contributed by atoms with Crippen molar-refractivity contribution in [2.45, 2.75) is 25.4 Å². The van der Waals surface area contributed by atoms with E-state index in [1.54, 1.807) is 0 Å². The highest BCUT2D eigenvalue weighted by atomic mass is 16.3. The second-order valence-corrected chi connectivity index (χ2v) is 3.28. The molecule has 0 saturated heterocycles. The van der Waals surface area contributed by atoms with Crippen molar-refractivity contribution < 1.29 is 45.6 Å². The Morgan fingerprint density at radius 3 is 1.24 bits per heavy atom. The number of rotatable bonds is 8. The smallest absolute Gasteiger partial charge is 0.119 e. The van der Waals surface area contributed by atoms with Crippen LogP contribution in [0.4, 0.5) is 0 Å². The van der Waals surface area contributed by atoms with E-state index in [1.807, 2.05) is 0 Å². The minimum atomic E-state index is -0.648. The van der Waals surface area contributed by atoms with Crippen LogP contribution in [-0.2, 0) is 4.79 Å². The summed E-state index contributed by atoms with van der Waals surface area (Å²) in [7, 11) is 0. The molecule has 0 bridgehead atoms. The van der Waals surface area contributed by atoms with Gasteiger partial charge in [-0.3, -0.25) is 0 Å². The zero-order valence-corrected chi connectivity index (χ0v) is 12.2. The lowest BCUT2D eigenvalue weighted by Gasteiger charge is -2.02. The third-order valence-corrected chi connectivity index (χ3v) is 1.37. The second-order valence-electron chi connectivity index (χ2n) is 3.28. The average Bonchev–Trinajstić information content (AvgIpc) is 2.55. The number of hydrogen-bond acceptors (Lipinski definition) is 9. The molecule has 0 aromatic carbocycles. The zero-order chi connectivity index (χ0) is 17.4. The molecule has 0 aromatic rings. The van der Waals surface area contributed by atoms with Crippen LogP contribution in [0.15, 0.2) is 0 Å². The van der Waals surface area contributed by atoms with E-state index in [2.05, 4.69) is 0 Å². The van der Waals surface area contributed by atoms with Gasteiger partial charge >= 0.3 is 0 Å². The first-order valence-corrected chi connectivity index (χ1v) is 6.43. The van der Waals surface area contributed by atoms with Gasteiger partial charge in [-0.25, -0.2) is 0 Å². The lowest BCUT2D eigenvalue weighted by atomic mass is 10.2. The Hall–Kier alpha value is -0.650. The maximum absolute atomic E-state index is 9.73. The van der Waals surface area contributed by atoms with Crippen LogP contribution in [0.2, 0.25) is 0 Å². The van der Waals surface area contributed by atoms with E-state index in [0.717, 1.165) is 6.29 Å². The maximum atomic E-state index is 9.73. The van der Waals surface area contributed by atoms with Crippen molar-refractivity contribution in [2.75, 3.05) is 46.2 Å². The molecule has 0 rings (SSSR count). The molecule has 0 heterocycles. The second kappa shape index (κ2) is 36.6. The van der Waals surface area contributed by atoms with Crippen molar-refractivity contribution in [3.05, 3.63) is 0 Å².